The second kappa shape index (κ2) is 8.11. The van der Waals surface area contributed by atoms with Gasteiger partial charge in [-0.1, -0.05) is 11.6 Å². The number of amides is 1. The Balaban J connectivity index is 2.93. The first-order chi connectivity index (χ1) is 9.90. The van der Waals surface area contributed by atoms with Gasteiger partial charge in [-0.25, -0.2) is 4.79 Å². The van der Waals surface area contributed by atoms with E-state index in [1.807, 2.05) is 6.26 Å². The fourth-order valence-electron chi connectivity index (χ4n) is 1.59. The Morgan fingerprint density at radius 1 is 1.52 bits per heavy atom. The Morgan fingerprint density at radius 3 is 2.71 bits per heavy atom. The van der Waals surface area contributed by atoms with Crippen LogP contribution in [0.15, 0.2) is 12.1 Å². The predicted molar refractivity (Wildman–Crippen MR) is 84.6 cm³/mol. The SMILES string of the molecule is COc1cc(NC(=O)[C@H](N)CCSC)c(Cl)cc1C(=O)O. The number of hydrogen-bond acceptors (Lipinski definition) is 5. The molecule has 0 aromatic heterocycles. The number of carbonyl (C=O) groups excluding carboxylic acids is 1. The molecule has 21 heavy (non-hydrogen) atoms. The molecule has 0 aliphatic carbocycles. The second-order valence-corrected chi connectivity index (χ2v) is 5.61. The van der Waals surface area contributed by atoms with Crippen molar-refractivity contribution in [3.63, 3.8) is 0 Å². The van der Waals surface area contributed by atoms with Crippen LogP contribution in [0, 0.1) is 0 Å². The van der Waals surface area contributed by atoms with E-state index in [2.05, 4.69) is 5.32 Å². The molecule has 0 spiro atoms. The van der Waals surface area contributed by atoms with E-state index in [4.69, 9.17) is 27.2 Å². The van der Waals surface area contributed by atoms with E-state index in [-0.39, 0.29) is 27.9 Å². The third-order valence-electron chi connectivity index (χ3n) is 2.75. The normalized spacial score (nSPS) is 11.8. The van der Waals surface area contributed by atoms with Crippen molar-refractivity contribution in [3.05, 3.63) is 22.7 Å². The molecule has 0 unspecified atom stereocenters. The minimum absolute atomic E-state index is 0.0767. The lowest BCUT2D eigenvalue weighted by Crippen LogP contribution is -2.36. The summed E-state index contributed by atoms with van der Waals surface area (Å²) in [7, 11) is 1.34. The summed E-state index contributed by atoms with van der Waals surface area (Å²) < 4.78 is 4.98. The van der Waals surface area contributed by atoms with Gasteiger partial charge in [-0.2, -0.15) is 11.8 Å². The standard InChI is InChI=1S/C13H17ClN2O4S/c1-20-11-6-10(8(14)5-7(11)13(18)19)16-12(17)9(15)3-4-21-2/h5-6,9H,3-4,15H2,1-2H3,(H,16,17)(H,18,19)/t9-/m1/s1. The lowest BCUT2D eigenvalue weighted by molar-refractivity contribution is -0.117. The summed E-state index contributed by atoms with van der Waals surface area (Å²) in [6.45, 7) is 0. The van der Waals surface area contributed by atoms with Crippen LogP contribution in [0.1, 0.15) is 16.8 Å². The molecule has 0 fully saturated rings. The minimum atomic E-state index is -1.16. The van der Waals surface area contributed by atoms with Crippen LogP contribution in [0.5, 0.6) is 5.75 Å². The first-order valence-electron chi connectivity index (χ1n) is 6.07. The zero-order valence-corrected chi connectivity index (χ0v) is 13.3. The fraction of sp³-hybridized carbons (Fsp3) is 0.385. The van der Waals surface area contributed by atoms with Crippen LogP contribution in [0.25, 0.3) is 0 Å². The number of rotatable bonds is 7. The van der Waals surface area contributed by atoms with Gasteiger partial charge in [-0.15, -0.1) is 0 Å². The van der Waals surface area contributed by atoms with Crippen LogP contribution < -0.4 is 15.8 Å². The van der Waals surface area contributed by atoms with E-state index in [0.717, 1.165) is 5.75 Å². The number of thioether (sulfide) groups is 1. The number of ether oxygens (including phenoxy) is 1. The summed E-state index contributed by atoms with van der Waals surface area (Å²) >= 11 is 7.57. The molecule has 0 saturated heterocycles. The van der Waals surface area contributed by atoms with Gasteiger partial charge in [-0.05, 0) is 24.5 Å². The maximum atomic E-state index is 11.9. The molecule has 0 aliphatic rings. The third kappa shape index (κ3) is 4.80. The monoisotopic (exact) mass is 332 g/mol. The van der Waals surface area contributed by atoms with Crippen molar-refractivity contribution in [2.45, 2.75) is 12.5 Å². The molecular formula is C13H17ClN2O4S. The van der Waals surface area contributed by atoms with Crippen molar-refractivity contribution in [1.82, 2.24) is 0 Å². The lowest BCUT2D eigenvalue weighted by Gasteiger charge is -2.14. The molecular weight excluding hydrogens is 316 g/mol. The van der Waals surface area contributed by atoms with Gasteiger partial charge >= 0.3 is 5.97 Å². The van der Waals surface area contributed by atoms with Crippen LogP contribution in [0.2, 0.25) is 5.02 Å². The summed E-state index contributed by atoms with van der Waals surface area (Å²) in [6, 6.07) is 1.94. The Morgan fingerprint density at radius 2 is 2.19 bits per heavy atom. The molecule has 8 heteroatoms. The Labute approximate surface area is 132 Å². The van der Waals surface area contributed by atoms with E-state index in [1.165, 1.54) is 19.2 Å². The maximum Gasteiger partial charge on any atom is 0.339 e. The third-order valence-corrected chi connectivity index (χ3v) is 3.70. The zero-order valence-electron chi connectivity index (χ0n) is 11.7. The first-order valence-corrected chi connectivity index (χ1v) is 7.84. The van der Waals surface area contributed by atoms with Gasteiger partial charge in [0, 0.05) is 6.07 Å². The van der Waals surface area contributed by atoms with Crippen LogP contribution >= 0.6 is 23.4 Å². The van der Waals surface area contributed by atoms with Crippen LogP contribution in [0.3, 0.4) is 0 Å². The van der Waals surface area contributed by atoms with E-state index < -0.39 is 12.0 Å². The molecule has 1 aromatic rings. The number of carboxylic acids is 1. The van der Waals surface area contributed by atoms with Crippen LogP contribution in [0.4, 0.5) is 5.69 Å². The summed E-state index contributed by atoms with van der Waals surface area (Å²) in [5, 5.41) is 11.7. The number of anilines is 1. The highest BCUT2D eigenvalue weighted by Gasteiger charge is 2.18. The molecule has 0 saturated carbocycles. The fourth-order valence-corrected chi connectivity index (χ4v) is 2.29. The van der Waals surface area contributed by atoms with Gasteiger partial charge in [0.05, 0.1) is 23.9 Å². The van der Waals surface area contributed by atoms with E-state index in [9.17, 15) is 9.59 Å². The molecule has 6 nitrogen and oxygen atoms in total. The largest absolute Gasteiger partial charge is 0.496 e. The molecule has 0 aliphatic heterocycles. The first kappa shape index (κ1) is 17.6. The number of hydrogen-bond donors (Lipinski definition) is 3. The average Bonchev–Trinajstić information content (AvgIpc) is 2.45. The van der Waals surface area contributed by atoms with Gasteiger partial charge in [-0.3, -0.25) is 4.79 Å². The maximum absolute atomic E-state index is 11.9. The zero-order chi connectivity index (χ0) is 16.0. The number of benzene rings is 1. The Hall–Kier alpha value is -1.44. The molecule has 1 aromatic carbocycles. The van der Waals surface area contributed by atoms with Crippen LogP contribution in [-0.2, 0) is 4.79 Å². The average molecular weight is 333 g/mol. The molecule has 1 rings (SSSR count). The smallest absolute Gasteiger partial charge is 0.339 e. The lowest BCUT2D eigenvalue weighted by atomic mass is 10.1. The van der Waals surface area contributed by atoms with E-state index in [1.54, 1.807) is 11.8 Å². The number of carbonyl (C=O) groups is 2. The van der Waals surface area contributed by atoms with Crippen molar-refractivity contribution in [2.75, 3.05) is 24.4 Å². The minimum Gasteiger partial charge on any atom is -0.496 e. The van der Waals surface area contributed by atoms with Crippen molar-refractivity contribution >= 4 is 40.9 Å². The highest BCUT2D eigenvalue weighted by molar-refractivity contribution is 7.98. The Bertz CT molecular complexity index is 539. The summed E-state index contributed by atoms with van der Waals surface area (Å²) in [6.07, 6.45) is 2.46. The summed E-state index contributed by atoms with van der Waals surface area (Å²) in [4.78, 5) is 23.0. The highest BCUT2D eigenvalue weighted by atomic mass is 35.5. The Kier molecular flexibility index (Phi) is 6.80. The van der Waals surface area contributed by atoms with Gasteiger partial charge in [0.1, 0.15) is 11.3 Å². The van der Waals surface area contributed by atoms with E-state index >= 15 is 0 Å². The predicted octanol–water partition coefficient (Wildman–Crippen LogP) is 2.07. The molecule has 116 valence electrons. The quantitative estimate of drug-likeness (QED) is 0.706. The number of methoxy groups -OCH3 is 1. The van der Waals surface area contributed by atoms with Gasteiger partial charge in [0.15, 0.2) is 0 Å². The molecule has 4 N–H and O–H groups in total. The van der Waals surface area contributed by atoms with Gasteiger partial charge < -0.3 is 20.9 Å². The topological polar surface area (TPSA) is 102 Å². The molecule has 1 atom stereocenters. The van der Waals surface area contributed by atoms with Crippen molar-refractivity contribution < 1.29 is 19.4 Å². The summed E-state index contributed by atoms with van der Waals surface area (Å²) in [5.74, 6) is -0.664. The number of nitrogens with one attached hydrogen (secondary N) is 1. The van der Waals surface area contributed by atoms with Gasteiger partial charge in [0.2, 0.25) is 5.91 Å². The molecule has 0 bridgehead atoms. The molecule has 0 heterocycles. The number of halogens is 1. The van der Waals surface area contributed by atoms with Gasteiger partial charge in [0.25, 0.3) is 0 Å². The van der Waals surface area contributed by atoms with Crippen LogP contribution in [-0.4, -0.2) is 42.1 Å². The molecule has 1 amide bonds. The van der Waals surface area contributed by atoms with Crippen molar-refractivity contribution in [2.24, 2.45) is 5.73 Å². The molecule has 0 radical (unpaired) electrons. The summed E-state index contributed by atoms with van der Waals surface area (Å²) in [5.41, 5.74) is 5.95. The van der Waals surface area contributed by atoms with Crippen molar-refractivity contribution in [1.29, 1.82) is 0 Å². The van der Waals surface area contributed by atoms with Crippen molar-refractivity contribution in [3.8, 4) is 5.75 Å². The van der Waals surface area contributed by atoms with E-state index in [0.29, 0.717) is 6.42 Å². The number of nitrogens with two attached hydrogens (primary N) is 1. The highest BCUT2D eigenvalue weighted by Crippen LogP contribution is 2.31. The number of carboxylic acid groups (broad SMARTS) is 1. The number of aromatic carboxylic acids is 1. The second-order valence-electron chi connectivity index (χ2n) is 4.21.